The lowest BCUT2D eigenvalue weighted by Crippen LogP contribution is -2.39. The number of nitrogens with one attached hydrogen (secondary N) is 1. The fourth-order valence-corrected chi connectivity index (χ4v) is 2.15. The Kier molecular flexibility index (Phi) is 9.81. The first kappa shape index (κ1) is 19.9. The average molecular weight is 435 g/mol. The molecule has 0 saturated carbocycles. The molecule has 0 fully saturated rings. The number of amides is 1. The lowest BCUT2D eigenvalue weighted by molar-refractivity contribution is -0.141. The molecule has 0 aliphatic rings. The smallest absolute Gasteiger partial charge is 0.305 e. The van der Waals surface area contributed by atoms with E-state index in [9.17, 15) is 9.59 Å². The zero-order chi connectivity index (χ0) is 17.1. The summed E-state index contributed by atoms with van der Waals surface area (Å²) in [6.45, 7) is 2.86. The van der Waals surface area contributed by atoms with Gasteiger partial charge in [-0.2, -0.15) is 0 Å². The van der Waals surface area contributed by atoms with Crippen LogP contribution in [0.1, 0.15) is 30.1 Å². The molecule has 1 rings (SSSR count). The first-order chi connectivity index (χ1) is 11.1. The molecule has 0 spiro atoms. The zero-order valence-corrected chi connectivity index (χ0v) is 15.5. The van der Waals surface area contributed by atoms with Gasteiger partial charge in [0.15, 0.2) is 0 Å². The Morgan fingerprint density at radius 2 is 1.91 bits per heavy atom. The van der Waals surface area contributed by atoms with Crippen LogP contribution in [0.5, 0.6) is 0 Å². The van der Waals surface area contributed by atoms with Gasteiger partial charge in [-0.1, -0.05) is 0 Å². The van der Waals surface area contributed by atoms with E-state index in [1.807, 2.05) is 19.1 Å². The van der Waals surface area contributed by atoms with E-state index in [2.05, 4.69) is 32.6 Å². The Balaban J connectivity index is 2.56. The third-order valence-corrected chi connectivity index (χ3v) is 3.78. The van der Waals surface area contributed by atoms with Gasteiger partial charge in [0.05, 0.1) is 19.8 Å². The lowest BCUT2D eigenvalue weighted by atomic mass is 10.1. The highest BCUT2D eigenvalue weighted by atomic mass is 127. The molecule has 0 saturated heterocycles. The van der Waals surface area contributed by atoms with Gasteiger partial charge in [0.1, 0.15) is 6.79 Å². The van der Waals surface area contributed by atoms with Crippen LogP contribution < -0.4 is 5.32 Å². The van der Waals surface area contributed by atoms with Gasteiger partial charge in [0.2, 0.25) is 0 Å². The van der Waals surface area contributed by atoms with Crippen molar-refractivity contribution in [1.29, 1.82) is 0 Å². The van der Waals surface area contributed by atoms with Crippen molar-refractivity contribution >= 4 is 34.5 Å². The summed E-state index contributed by atoms with van der Waals surface area (Å²) >= 11 is 2.18. The number of carbonyl (C=O) groups is 2. The highest BCUT2D eigenvalue weighted by Crippen LogP contribution is 2.08. The second-order valence-electron chi connectivity index (χ2n) is 4.77. The van der Waals surface area contributed by atoms with E-state index in [-0.39, 0.29) is 37.7 Å². The van der Waals surface area contributed by atoms with Gasteiger partial charge < -0.3 is 19.5 Å². The Morgan fingerprint density at radius 3 is 2.52 bits per heavy atom. The maximum atomic E-state index is 12.3. The monoisotopic (exact) mass is 435 g/mol. The molecule has 128 valence electrons. The van der Waals surface area contributed by atoms with Crippen LogP contribution >= 0.6 is 22.6 Å². The van der Waals surface area contributed by atoms with E-state index in [1.54, 1.807) is 12.1 Å². The van der Waals surface area contributed by atoms with E-state index in [0.717, 1.165) is 3.57 Å². The highest BCUT2D eigenvalue weighted by molar-refractivity contribution is 14.1. The van der Waals surface area contributed by atoms with E-state index in [1.165, 1.54) is 7.11 Å². The molecule has 0 radical (unpaired) electrons. The van der Waals surface area contributed by atoms with Crippen LogP contribution in [-0.4, -0.2) is 45.0 Å². The van der Waals surface area contributed by atoms with Gasteiger partial charge in [0.25, 0.3) is 5.91 Å². The molecular formula is C16H22INO5. The number of ether oxygens (including phenoxy) is 3. The first-order valence-electron chi connectivity index (χ1n) is 7.35. The fraction of sp³-hybridized carbons (Fsp3) is 0.500. The number of halogens is 1. The molecule has 0 aliphatic heterocycles. The number of rotatable bonds is 10. The van der Waals surface area contributed by atoms with E-state index >= 15 is 0 Å². The van der Waals surface area contributed by atoms with Crippen molar-refractivity contribution in [2.24, 2.45) is 0 Å². The zero-order valence-electron chi connectivity index (χ0n) is 13.3. The minimum atomic E-state index is -0.316. The SMILES string of the molecule is CCOCOC[C@H](CCC(=O)OC)NC(=O)c1ccc(I)cc1. The molecule has 1 atom stereocenters. The first-order valence-corrected chi connectivity index (χ1v) is 8.43. The van der Waals surface area contributed by atoms with Crippen LogP contribution in [0.15, 0.2) is 24.3 Å². The maximum absolute atomic E-state index is 12.3. The third-order valence-electron chi connectivity index (χ3n) is 3.06. The van der Waals surface area contributed by atoms with Crippen molar-refractivity contribution in [3.8, 4) is 0 Å². The average Bonchev–Trinajstić information content (AvgIpc) is 2.56. The van der Waals surface area contributed by atoms with E-state index in [4.69, 9.17) is 9.47 Å². The Bertz CT molecular complexity index is 492. The topological polar surface area (TPSA) is 73.9 Å². The van der Waals surface area contributed by atoms with Crippen LogP contribution in [0.2, 0.25) is 0 Å². The van der Waals surface area contributed by atoms with Gasteiger partial charge in [0, 0.05) is 22.2 Å². The minimum absolute atomic E-state index is 0.157. The molecule has 1 aromatic rings. The molecule has 1 aromatic carbocycles. The highest BCUT2D eigenvalue weighted by Gasteiger charge is 2.16. The molecular weight excluding hydrogens is 413 g/mol. The molecule has 1 amide bonds. The number of hydrogen-bond acceptors (Lipinski definition) is 5. The molecule has 0 aromatic heterocycles. The van der Waals surface area contributed by atoms with Crippen LogP contribution in [0.25, 0.3) is 0 Å². The van der Waals surface area contributed by atoms with Gasteiger partial charge >= 0.3 is 5.97 Å². The fourth-order valence-electron chi connectivity index (χ4n) is 1.79. The summed E-state index contributed by atoms with van der Waals surface area (Å²) in [7, 11) is 1.34. The normalized spacial score (nSPS) is 11.8. The van der Waals surface area contributed by atoms with Crippen molar-refractivity contribution in [3.63, 3.8) is 0 Å². The summed E-state index contributed by atoms with van der Waals surface area (Å²) < 4.78 is 16.2. The number of carbonyl (C=O) groups excluding carboxylic acids is 2. The summed E-state index contributed by atoms with van der Waals surface area (Å²) in [4.78, 5) is 23.5. The molecule has 0 heterocycles. The lowest BCUT2D eigenvalue weighted by Gasteiger charge is -2.18. The third kappa shape index (κ3) is 8.29. The van der Waals surface area contributed by atoms with Gasteiger partial charge in [-0.15, -0.1) is 0 Å². The molecule has 1 N–H and O–H groups in total. The molecule has 0 aliphatic carbocycles. The largest absolute Gasteiger partial charge is 0.469 e. The standard InChI is InChI=1S/C16H22INO5/c1-3-22-11-23-10-14(8-9-15(19)21-2)18-16(20)12-4-6-13(17)7-5-12/h4-7,14H,3,8-11H2,1-2H3,(H,18,20)/t14-/m0/s1. The van der Waals surface area contributed by atoms with Crippen LogP contribution in [0, 0.1) is 3.57 Å². The van der Waals surface area contributed by atoms with Crippen molar-refractivity contribution in [3.05, 3.63) is 33.4 Å². The summed E-state index contributed by atoms with van der Waals surface area (Å²) in [6.07, 6.45) is 0.654. The Labute approximate surface area is 150 Å². The van der Waals surface area contributed by atoms with Gasteiger partial charge in [-0.3, -0.25) is 9.59 Å². The van der Waals surface area contributed by atoms with Crippen LogP contribution in [0.3, 0.4) is 0 Å². The summed E-state index contributed by atoms with van der Waals surface area (Å²) in [5.74, 6) is -0.514. The number of esters is 1. The minimum Gasteiger partial charge on any atom is -0.469 e. The number of hydrogen-bond donors (Lipinski definition) is 1. The number of benzene rings is 1. The summed E-state index contributed by atoms with van der Waals surface area (Å²) in [5, 5.41) is 2.88. The molecule has 7 heteroatoms. The second kappa shape index (κ2) is 11.4. The van der Waals surface area contributed by atoms with E-state index in [0.29, 0.717) is 18.6 Å². The van der Waals surface area contributed by atoms with Crippen molar-refractivity contribution in [1.82, 2.24) is 5.32 Å². The van der Waals surface area contributed by atoms with Gasteiger partial charge in [-0.25, -0.2) is 0 Å². The molecule has 23 heavy (non-hydrogen) atoms. The van der Waals surface area contributed by atoms with E-state index < -0.39 is 0 Å². The Hall–Kier alpha value is -1.19. The predicted molar refractivity (Wildman–Crippen MR) is 94.1 cm³/mol. The Morgan fingerprint density at radius 1 is 1.22 bits per heavy atom. The van der Waals surface area contributed by atoms with Crippen LogP contribution in [-0.2, 0) is 19.0 Å². The van der Waals surface area contributed by atoms with Crippen molar-refractivity contribution in [2.45, 2.75) is 25.8 Å². The summed E-state index contributed by atoms with van der Waals surface area (Å²) in [6, 6.07) is 6.96. The van der Waals surface area contributed by atoms with Crippen molar-refractivity contribution < 1.29 is 23.8 Å². The second-order valence-corrected chi connectivity index (χ2v) is 6.02. The predicted octanol–water partition coefficient (Wildman–Crippen LogP) is 2.35. The quantitative estimate of drug-likeness (QED) is 0.265. The van der Waals surface area contributed by atoms with Crippen molar-refractivity contribution in [2.75, 3.05) is 27.1 Å². The molecule has 6 nitrogen and oxygen atoms in total. The molecule has 0 unspecified atom stereocenters. The number of methoxy groups -OCH3 is 1. The van der Waals surface area contributed by atoms with Gasteiger partial charge in [-0.05, 0) is 60.2 Å². The van der Waals surface area contributed by atoms with Crippen LogP contribution in [0.4, 0.5) is 0 Å². The molecule has 0 bridgehead atoms. The maximum Gasteiger partial charge on any atom is 0.305 e. The summed E-state index contributed by atoms with van der Waals surface area (Å²) in [5.41, 5.74) is 0.568.